The SMILES string of the molecule is COc1ccc(Cl)c(C2(C)CCCN2)c1NC(C)=O. The van der Waals surface area contributed by atoms with Gasteiger partial charge in [-0.15, -0.1) is 0 Å². The number of hydrogen-bond donors (Lipinski definition) is 2. The van der Waals surface area contributed by atoms with Crippen molar-refractivity contribution in [2.24, 2.45) is 0 Å². The number of halogens is 1. The average molecular weight is 283 g/mol. The van der Waals surface area contributed by atoms with Gasteiger partial charge in [0.05, 0.1) is 12.8 Å². The van der Waals surface area contributed by atoms with Crippen LogP contribution in [0, 0.1) is 0 Å². The maximum Gasteiger partial charge on any atom is 0.221 e. The van der Waals surface area contributed by atoms with E-state index in [9.17, 15) is 4.79 Å². The lowest BCUT2D eigenvalue weighted by molar-refractivity contribution is -0.114. The van der Waals surface area contributed by atoms with Gasteiger partial charge in [-0.2, -0.15) is 0 Å². The summed E-state index contributed by atoms with van der Waals surface area (Å²) in [5, 5.41) is 6.95. The molecule has 1 saturated heterocycles. The summed E-state index contributed by atoms with van der Waals surface area (Å²) < 4.78 is 5.35. The Hall–Kier alpha value is -1.26. The maximum absolute atomic E-state index is 11.4. The van der Waals surface area contributed by atoms with Crippen molar-refractivity contribution >= 4 is 23.2 Å². The maximum atomic E-state index is 11.4. The van der Waals surface area contributed by atoms with Gasteiger partial charge in [-0.05, 0) is 38.4 Å². The number of carbonyl (C=O) groups is 1. The van der Waals surface area contributed by atoms with Crippen LogP contribution < -0.4 is 15.4 Å². The van der Waals surface area contributed by atoms with Crippen LogP contribution in [0.15, 0.2) is 12.1 Å². The van der Waals surface area contributed by atoms with E-state index in [1.165, 1.54) is 6.92 Å². The smallest absolute Gasteiger partial charge is 0.221 e. The Morgan fingerprint density at radius 1 is 1.53 bits per heavy atom. The first-order chi connectivity index (χ1) is 8.98. The molecule has 0 aromatic heterocycles. The summed E-state index contributed by atoms with van der Waals surface area (Å²) in [6.45, 7) is 4.53. The summed E-state index contributed by atoms with van der Waals surface area (Å²) in [6.07, 6.45) is 2.07. The van der Waals surface area contributed by atoms with Gasteiger partial charge in [0.25, 0.3) is 0 Å². The summed E-state index contributed by atoms with van der Waals surface area (Å²) in [5.74, 6) is 0.493. The molecule has 1 heterocycles. The molecule has 2 rings (SSSR count). The molecule has 1 amide bonds. The van der Waals surface area contributed by atoms with Crippen molar-refractivity contribution in [2.45, 2.75) is 32.2 Å². The lowest BCUT2D eigenvalue weighted by Gasteiger charge is -2.29. The second-order valence-corrected chi connectivity index (χ2v) is 5.45. The Labute approximate surface area is 118 Å². The Morgan fingerprint density at radius 3 is 2.79 bits per heavy atom. The summed E-state index contributed by atoms with van der Waals surface area (Å²) >= 11 is 6.36. The zero-order chi connectivity index (χ0) is 14.0. The molecule has 1 aromatic carbocycles. The number of amides is 1. The van der Waals surface area contributed by atoms with E-state index in [0.717, 1.165) is 24.9 Å². The lowest BCUT2D eigenvalue weighted by atomic mass is 9.88. The number of benzene rings is 1. The quantitative estimate of drug-likeness (QED) is 0.896. The van der Waals surface area contributed by atoms with E-state index in [2.05, 4.69) is 17.6 Å². The molecule has 104 valence electrons. The van der Waals surface area contributed by atoms with Crippen molar-refractivity contribution < 1.29 is 9.53 Å². The van der Waals surface area contributed by atoms with Crippen LogP contribution >= 0.6 is 11.6 Å². The third-order valence-corrected chi connectivity index (χ3v) is 3.87. The monoisotopic (exact) mass is 282 g/mol. The number of methoxy groups -OCH3 is 1. The highest BCUT2D eigenvalue weighted by atomic mass is 35.5. The number of ether oxygens (including phenoxy) is 1. The Morgan fingerprint density at radius 2 is 2.26 bits per heavy atom. The Bertz CT molecular complexity index is 496. The second kappa shape index (κ2) is 5.39. The van der Waals surface area contributed by atoms with Gasteiger partial charge in [0.2, 0.25) is 5.91 Å². The molecule has 0 radical (unpaired) electrons. The molecule has 0 saturated carbocycles. The molecule has 1 fully saturated rings. The molecular formula is C14H19ClN2O2. The standard InChI is InChI=1S/C14H19ClN2O2/c1-9(18)17-13-11(19-3)6-5-10(15)12(13)14(2)7-4-8-16-14/h5-6,16H,4,7-8H2,1-3H3,(H,17,18). The van der Waals surface area contributed by atoms with Crippen LogP contribution in [-0.2, 0) is 10.3 Å². The van der Waals surface area contributed by atoms with Crippen molar-refractivity contribution in [3.63, 3.8) is 0 Å². The zero-order valence-electron chi connectivity index (χ0n) is 11.5. The topological polar surface area (TPSA) is 50.4 Å². The minimum atomic E-state index is -0.233. The summed E-state index contributed by atoms with van der Waals surface area (Å²) in [7, 11) is 1.59. The summed E-state index contributed by atoms with van der Waals surface area (Å²) in [6, 6.07) is 3.59. The molecule has 0 bridgehead atoms. The first-order valence-corrected chi connectivity index (χ1v) is 6.75. The Kier molecular flexibility index (Phi) is 4.02. The number of rotatable bonds is 3. The van der Waals surface area contributed by atoms with Gasteiger partial charge < -0.3 is 15.4 Å². The number of hydrogen-bond acceptors (Lipinski definition) is 3. The van der Waals surface area contributed by atoms with Crippen LogP contribution in [0.1, 0.15) is 32.3 Å². The first kappa shape index (κ1) is 14.2. The highest BCUT2D eigenvalue weighted by molar-refractivity contribution is 6.32. The number of carbonyl (C=O) groups excluding carboxylic acids is 1. The molecule has 5 heteroatoms. The number of anilines is 1. The molecule has 2 N–H and O–H groups in total. The van der Waals surface area contributed by atoms with Gasteiger partial charge >= 0.3 is 0 Å². The van der Waals surface area contributed by atoms with E-state index >= 15 is 0 Å². The third-order valence-electron chi connectivity index (χ3n) is 3.56. The highest BCUT2D eigenvalue weighted by Gasteiger charge is 2.35. The minimum absolute atomic E-state index is 0.136. The van der Waals surface area contributed by atoms with Gasteiger partial charge in [-0.1, -0.05) is 11.6 Å². The molecule has 1 aliphatic heterocycles. The molecule has 1 aromatic rings. The predicted molar refractivity (Wildman–Crippen MR) is 76.9 cm³/mol. The molecular weight excluding hydrogens is 264 g/mol. The fourth-order valence-electron chi connectivity index (χ4n) is 2.68. The van der Waals surface area contributed by atoms with Crippen molar-refractivity contribution in [2.75, 3.05) is 19.0 Å². The molecule has 1 atom stereocenters. The second-order valence-electron chi connectivity index (χ2n) is 5.04. The van der Waals surface area contributed by atoms with Crippen molar-refractivity contribution in [3.05, 3.63) is 22.7 Å². The zero-order valence-corrected chi connectivity index (χ0v) is 12.2. The fraction of sp³-hybridized carbons (Fsp3) is 0.500. The van der Waals surface area contributed by atoms with Gasteiger partial charge in [0.1, 0.15) is 5.75 Å². The van der Waals surface area contributed by atoms with Crippen molar-refractivity contribution in [3.8, 4) is 5.75 Å². The third kappa shape index (κ3) is 2.69. The van der Waals surface area contributed by atoms with E-state index in [1.54, 1.807) is 13.2 Å². The van der Waals surface area contributed by atoms with Gasteiger partial charge in [0, 0.05) is 23.0 Å². The van der Waals surface area contributed by atoms with Crippen LogP contribution in [0.4, 0.5) is 5.69 Å². The first-order valence-electron chi connectivity index (χ1n) is 6.37. The molecule has 19 heavy (non-hydrogen) atoms. The van der Waals surface area contributed by atoms with E-state index in [1.807, 2.05) is 6.07 Å². The fourth-order valence-corrected chi connectivity index (χ4v) is 3.04. The molecule has 0 spiro atoms. The summed E-state index contributed by atoms with van der Waals surface area (Å²) in [5.41, 5.74) is 1.34. The normalized spacial score (nSPS) is 22.3. The largest absolute Gasteiger partial charge is 0.495 e. The molecule has 0 aliphatic carbocycles. The molecule has 1 aliphatic rings. The van der Waals surface area contributed by atoms with Gasteiger partial charge in [0.15, 0.2) is 0 Å². The van der Waals surface area contributed by atoms with E-state index in [0.29, 0.717) is 16.5 Å². The minimum Gasteiger partial charge on any atom is -0.495 e. The Balaban J connectivity index is 2.59. The lowest BCUT2D eigenvalue weighted by Crippen LogP contribution is -2.34. The van der Waals surface area contributed by atoms with Crippen LogP contribution in [0.25, 0.3) is 0 Å². The van der Waals surface area contributed by atoms with Crippen molar-refractivity contribution in [1.29, 1.82) is 0 Å². The summed E-state index contributed by atoms with van der Waals surface area (Å²) in [4.78, 5) is 11.4. The van der Waals surface area contributed by atoms with Crippen LogP contribution in [0.3, 0.4) is 0 Å². The highest BCUT2D eigenvalue weighted by Crippen LogP contribution is 2.43. The van der Waals surface area contributed by atoms with E-state index < -0.39 is 0 Å². The van der Waals surface area contributed by atoms with Gasteiger partial charge in [-0.25, -0.2) is 0 Å². The van der Waals surface area contributed by atoms with Crippen LogP contribution in [0.5, 0.6) is 5.75 Å². The van der Waals surface area contributed by atoms with Crippen LogP contribution in [-0.4, -0.2) is 19.6 Å². The molecule has 4 nitrogen and oxygen atoms in total. The van der Waals surface area contributed by atoms with Crippen molar-refractivity contribution in [1.82, 2.24) is 5.32 Å². The number of nitrogens with one attached hydrogen (secondary N) is 2. The van der Waals surface area contributed by atoms with E-state index in [4.69, 9.17) is 16.3 Å². The van der Waals surface area contributed by atoms with Gasteiger partial charge in [-0.3, -0.25) is 4.79 Å². The average Bonchev–Trinajstić information content (AvgIpc) is 2.76. The predicted octanol–water partition coefficient (Wildman–Crippen LogP) is 2.91. The molecule has 1 unspecified atom stereocenters. The van der Waals surface area contributed by atoms with E-state index in [-0.39, 0.29) is 11.4 Å². The van der Waals surface area contributed by atoms with Crippen LogP contribution in [0.2, 0.25) is 5.02 Å².